The number of esters is 1. The predicted octanol–water partition coefficient (Wildman–Crippen LogP) is 1.88. The first-order chi connectivity index (χ1) is 9.86. The summed E-state index contributed by atoms with van der Waals surface area (Å²) in [7, 11) is 0. The fourth-order valence-electron chi connectivity index (χ4n) is 1.72. The van der Waals surface area contributed by atoms with Crippen LogP contribution in [0, 0.1) is 12.8 Å². The number of Topliss-reactive ketones (excluding diaryl/α,β-unsaturated/α-hetero) is 1. The van der Waals surface area contributed by atoms with Gasteiger partial charge in [-0.05, 0) is 26.0 Å². The molecule has 1 rings (SSSR count). The first kappa shape index (κ1) is 16.9. The van der Waals surface area contributed by atoms with Crippen LogP contribution in [0.1, 0.15) is 36.7 Å². The highest BCUT2D eigenvalue weighted by Gasteiger charge is 2.31. The van der Waals surface area contributed by atoms with Gasteiger partial charge in [0, 0.05) is 11.5 Å². The molecule has 0 saturated heterocycles. The van der Waals surface area contributed by atoms with Crippen LogP contribution in [-0.2, 0) is 14.3 Å². The van der Waals surface area contributed by atoms with Gasteiger partial charge in [-0.1, -0.05) is 31.5 Å². The zero-order valence-corrected chi connectivity index (χ0v) is 12.8. The molecule has 0 radical (unpaired) electrons. The lowest BCUT2D eigenvalue weighted by Gasteiger charge is -2.18. The molecule has 0 saturated carbocycles. The molecule has 1 atom stereocenters. The summed E-state index contributed by atoms with van der Waals surface area (Å²) in [5.41, 5.74) is 1.42. The quantitative estimate of drug-likeness (QED) is 0.641. The van der Waals surface area contributed by atoms with Crippen molar-refractivity contribution in [2.45, 2.75) is 33.7 Å². The molecular formula is C16H21NO4. The molecular weight excluding hydrogens is 270 g/mol. The third-order valence-electron chi connectivity index (χ3n) is 2.97. The highest BCUT2D eigenvalue weighted by Crippen LogP contribution is 2.06. The van der Waals surface area contributed by atoms with Gasteiger partial charge in [-0.2, -0.15) is 0 Å². The molecule has 5 nitrogen and oxygen atoms in total. The number of aryl methyl sites for hydroxylation is 1. The first-order valence-corrected chi connectivity index (χ1v) is 6.94. The summed E-state index contributed by atoms with van der Waals surface area (Å²) < 4.78 is 4.86. The normalized spacial score (nSPS) is 11.9. The average molecular weight is 291 g/mol. The van der Waals surface area contributed by atoms with Crippen molar-refractivity contribution in [1.82, 2.24) is 5.32 Å². The van der Waals surface area contributed by atoms with Crippen LogP contribution in [0.5, 0.6) is 0 Å². The van der Waals surface area contributed by atoms with Crippen LogP contribution in [0.3, 0.4) is 0 Å². The number of hydrogen-bond donors (Lipinski definition) is 1. The monoisotopic (exact) mass is 291 g/mol. The molecule has 21 heavy (non-hydrogen) atoms. The lowest BCUT2D eigenvalue weighted by Crippen LogP contribution is -2.48. The van der Waals surface area contributed by atoms with Gasteiger partial charge in [0.25, 0.3) is 5.91 Å². The smallest absolute Gasteiger partial charge is 0.336 e. The standard InChI is InChI=1S/C16H21NO4/c1-5-21-16(20)13(14(18)10(2)3)17-15(19)12-8-6-11(4)7-9-12/h6-10,13H,5H2,1-4H3,(H,17,19). The molecule has 5 heteroatoms. The van der Waals surface area contributed by atoms with Crippen LogP contribution in [0.2, 0.25) is 0 Å². The molecule has 0 aliphatic carbocycles. The molecule has 1 aromatic rings. The van der Waals surface area contributed by atoms with E-state index in [-0.39, 0.29) is 18.3 Å². The molecule has 0 aliphatic rings. The number of hydrogen-bond acceptors (Lipinski definition) is 4. The minimum absolute atomic E-state index is 0.154. The number of benzene rings is 1. The number of nitrogens with one attached hydrogen (secondary N) is 1. The zero-order valence-electron chi connectivity index (χ0n) is 12.8. The highest BCUT2D eigenvalue weighted by molar-refractivity contribution is 6.08. The fourth-order valence-corrected chi connectivity index (χ4v) is 1.72. The van der Waals surface area contributed by atoms with E-state index in [2.05, 4.69) is 5.32 Å². The SMILES string of the molecule is CCOC(=O)C(NC(=O)c1ccc(C)cc1)C(=O)C(C)C. The van der Waals surface area contributed by atoms with Crippen LogP contribution in [0.25, 0.3) is 0 Å². The second kappa shape index (κ2) is 7.57. The maximum Gasteiger partial charge on any atom is 0.336 e. The maximum atomic E-state index is 12.1. The van der Waals surface area contributed by atoms with Crippen LogP contribution in [0.15, 0.2) is 24.3 Å². The van der Waals surface area contributed by atoms with Crippen molar-refractivity contribution in [2.24, 2.45) is 5.92 Å². The van der Waals surface area contributed by atoms with Crippen molar-refractivity contribution in [1.29, 1.82) is 0 Å². The van der Waals surface area contributed by atoms with Crippen LogP contribution < -0.4 is 5.32 Å². The number of rotatable bonds is 6. The van der Waals surface area contributed by atoms with Crippen molar-refractivity contribution >= 4 is 17.7 Å². The van der Waals surface area contributed by atoms with Gasteiger partial charge < -0.3 is 10.1 Å². The van der Waals surface area contributed by atoms with Crippen LogP contribution in [0.4, 0.5) is 0 Å². The third kappa shape index (κ3) is 4.70. The van der Waals surface area contributed by atoms with Crippen molar-refractivity contribution < 1.29 is 19.1 Å². The van der Waals surface area contributed by atoms with Gasteiger partial charge >= 0.3 is 5.97 Å². The lowest BCUT2D eigenvalue weighted by molar-refractivity contribution is -0.149. The van der Waals surface area contributed by atoms with Crippen LogP contribution >= 0.6 is 0 Å². The minimum Gasteiger partial charge on any atom is -0.464 e. The molecule has 0 heterocycles. The largest absolute Gasteiger partial charge is 0.464 e. The van der Waals surface area contributed by atoms with Gasteiger partial charge in [0.1, 0.15) is 0 Å². The van der Waals surface area contributed by atoms with E-state index in [0.717, 1.165) is 5.56 Å². The highest BCUT2D eigenvalue weighted by atomic mass is 16.5. The molecule has 0 spiro atoms. The first-order valence-electron chi connectivity index (χ1n) is 6.94. The molecule has 0 aromatic heterocycles. The van der Waals surface area contributed by atoms with Crippen molar-refractivity contribution in [3.8, 4) is 0 Å². The molecule has 1 N–H and O–H groups in total. The Labute approximate surface area is 124 Å². The number of ketones is 1. The summed E-state index contributed by atoms with van der Waals surface area (Å²) in [5, 5.41) is 2.46. The second-order valence-corrected chi connectivity index (χ2v) is 5.08. The Morgan fingerprint density at radius 3 is 2.19 bits per heavy atom. The number of ether oxygens (including phenoxy) is 1. The van der Waals surface area contributed by atoms with E-state index in [1.807, 2.05) is 6.92 Å². The molecule has 1 amide bonds. The van der Waals surface area contributed by atoms with E-state index >= 15 is 0 Å². The molecule has 1 aromatic carbocycles. The average Bonchev–Trinajstić information content (AvgIpc) is 2.44. The Morgan fingerprint density at radius 2 is 1.71 bits per heavy atom. The van der Waals surface area contributed by atoms with E-state index in [9.17, 15) is 14.4 Å². The van der Waals surface area contributed by atoms with E-state index in [0.29, 0.717) is 5.56 Å². The van der Waals surface area contributed by atoms with Crippen LogP contribution in [-0.4, -0.2) is 30.3 Å². The lowest BCUT2D eigenvalue weighted by atomic mass is 10.0. The molecule has 0 bridgehead atoms. The topological polar surface area (TPSA) is 72.5 Å². The second-order valence-electron chi connectivity index (χ2n) is 5.08. The fraction of sp³-hybridized carbons (Fsp3) is 0.438. The Bertz CT molecular complexity index is 520. The van der Waals surface area contributed by atoms with Gasteiger partial charge in [0.15, 0.2) is 11.8 Å². The number of carbonyl (C=O) groups excluding carboxylic acids is 3. The van der Waals surface area contributed by atoms with Crippen molar-refractivity contribution in [2.75, 3.05) is 6.61 Å². The van der Waals surface area contributed by atoms with E-state index < -0.39 is 17.9 Å². The summed E-state index contributed by atoms with van der Waals surface area (Å²) in [6.45, 7) is 7.06. The zero-order chi connectivity index (χ0) is 16.0. The van der Waals surface area contributed by atoms with Gasteiger partial charge in [-0.25, -0.2) is 4.79 Å². The number of carbonyl (C=O) groups is 3. The Kier molecular flexibility index (Phi) is 6.09. The van der Waals surface area contributed by atoms with Gasteiger partial charge in [0.2, 0.25) is 0 Å². The summed E-state index contributed by atoms with van der Waals surface area (Å²) in [4.78, 5) is 36.0. The molecule has 0 fully saturated rings. The van der Waals surface area contributed by atoms with Crippen molar-refractivity contribution in [3.05, 3.63) is 35.4 Å². The summed E-state index contributed by atoms with van der Waals surface area (Å²) in [5.74, 6) is -1.94. The van der Waals surface area contributed by atoms with Crippen molar-refractivity contribution in [3.63, 3.8) is 0 Å². The summed E-state index contributed by atoms with van der Waals surface area (Å²) >= 11 is 0. The Hall–Kier alpha value is -2.17. The van der Waals surface area contributed by atoms with E-state index in [1.165, 1.54) is 0 Å². The predicted molar refractivity (Wildman–Crippen MR) is 78.9 cm³/mol. The van der Waals surface area contributed by atoms with Gasteiger partial charge in [-0.3, -0.25) is 9.59 Å². The van der Waals surface area contributed by atoms with Gasteiger partial charge in [-0.15, -0.1) is 0 Å². The Balaban J connectivity index is 2.90. The molecule has 1 unspecified atom stereocenters. The Morgan fingerprint density at radius 1 is 1.14 bits per heavy atom. The van der Waals surface area contributed by atoms with Gasteiger partial charge in [0.05, 0.1) is 6.61 Å². The van der Waals surface area contributed by atoms with E-state index in [4.69, 9.17) is 4.74 Å². The summed E-state index contributed by atoms with van der Waals surface area (Å²) in [6.07, 6.45) is 0. The maximum absolute atomic E-state index is 12.1. The number of amides is 1. The molecule has 114 valence electrons. The van der Waals surface area contributed by atoms with E-state index in [1.54, 1.807) is 45.0 Å². The molecule has 0 aliphatic heterocycles. The summed E-state index contributed by atoms with van der Waals surface area (Å²) in [6, 6.07) is 5.61. The minimum atomic E-state index is -1.27. The third-order valence-corrected chi connectivity index (χ3v) is 2.97.